The first kappa shape index (κ1) is 16.0. The Morgan fingerprint density at radius 3 is 2.45 bits per heavy atom. The molecule has 0 radical (unpaired) electrons. The van der Waals surface area contributed by atoms with Gasteiger partial charge in [-0.1, -0.05) is 46.3 Å². The Balaban J connectivity index is 2.39. The zero-order valence-corrected chi connectivity index (χ0v) is 13.3. The number of carboxylic acids is 1. The molecular formula is C16H14BrNO4. The van der Waals surface area contributed by atoms with Crippen LogP contribution in [-0.4, -0.2) is 24.2 Å². The van der Waals surface area contributed by atoms with Crippen LogP contribution in [0.1, 0.15) is 22.0 Å². The van der Waals surface area contributed by atoms with Crippen LogP contribution >= 0.6 is 15.9 Å². The van der Waals surface area contributed by atoms with E-state index in [0.29, 0.717) is 15.7 Å². The summed E-state index contributed by atoms with van der Waals surface area (Å²) < 4.78 is 5.43. The summed E-state index contributed by atoms with van der Waals surface area (Å²) >= 11 is 3.28. The molecule has 0 spiro atoms. The number of halogens is 1. The number of carbonyl (C=O) groups is 2. The second kappa shape index (κ2) is 7.09. The number of ether oxygens (including phenoxy) is 1. The molecule has 2 aromatic carbocycles. The second-order valence-corrected chi connectivity index (χ2v) is 5.42. The first-order chi connectivity index (χ1) is 10.5. The van der Waals surface area contributed by atoms with Crippen LogP contribution in [-0.2, 0) is 9.53 Å². The van der Waals surface area contributed by atoms with Crippen molar-refractivity contribution < 1.29 is 19.4 Å². The molecule has 0 saturated carbocycles. The Morgan fingerprint density at radius 2 is 1.86 bits per heavy atom. The van der Waals surface area contributed by atoms with Gasteiger partial charge in [-0.25, -0.2) is 9.59 Å². The third-order valence-corrected chi connectivity index (χ3v) is 3.56. The van der Waals surface area contributed by atoms with Crippen molar-refractivity contribution in [1.82, 2.24) is 0 Å². The molecule has 0 fully saturated rings. The fourth-order valence-electron chi connectivity index (χ4n) is 2.01. The monoisotopic (exact) mass is 363 g/mol. The fraction of sp³-hybridized carbons (Fsp3) is 0.125. The highest BCUT2D eigenvalue weighted by Gasteiger charge is 2.22. The number of methoxy groups -OCH3 is 1. The van der Waals surface area contributed by atoms with Gasteiger partial charge in [-0.05, 0) is 23.8 Å². The quantitative estimate of drug-likeness (QED) is 0.795. The summed E-state index contributed by atoms with van der Waals surface area (Å²) in [5, 5.41) is 12.3. The summed E-state index contributed by atoms with van der Waals surface area (Å²) in [6, 6.07) is 12.7. The van der Waals surface area contributed by atoms with Gasteiger partial charge in [0.05, 0.1) is 12.7 Å². The van der Waals surface area contributed by atoms with Crippen molar-refractivity contribution in [2.24, 2.45) is 0 Å². The number of esters is 1. The summed E-state index contributed by atoms with van der Waals surface area (Å²) in [5.74, 6) is -1.58. The molecule has 0 aromatic heterocycles. The van der Waals surface area contributed by atoms with Crippen LogP contribution < -0.4 is 5.32 Å². The number of hydrogen-bond donors (Lipinski definition) is 2. The van der Waals surface area contributed by atoms with E-state index in [1.807, 2.05) is 6.07 Å². The SMILES string of the molecule is COC(=O)c1cc(Br)ccc1NC(C(=O)O)c1ccccc1. The molecular weight excluding hydrogens is 350 g/mol. The Hall–Kier alpha value is -2.34. The standard InChI is InChI=1S/C16H14BrNO4/c1-22-16(21)12-9-11(17)7-8-13(12)18-14(15(19)20)10-5-3-2-4-6-10/h2-9,14,18H,1H3,(H,19,20). The molecule has 6 heteroatoms. The smallest absolute Gasteiger partial charge is 0.340 e. The minimum absolute atomic E-state index is 0.263. The molecule has 0 amide bonds. The maximum atomic E-state index is 11.8. The van der Waals surface area contributed by atoms with Gasteiger partial charge in [-0.2, -0.15) is 0 Å². The number of anilines is 1. The summed E-state index contributed by atoms with van der Waals surface area (Å²) in [5.41, 5.74) is 1.25. The highest BCUT2D eigenvalue weighted by molar-refractivity contribution is 9.10. The van der Waals surface area contributed by atoms with Crippen LogP contribution in [0.5, 0.6) is 0 Å². The van der Waals surface area contributed by atoms with Crippen molar-refractivity contribution in [3.8, 4) is 0 Å². The van der Waals surface area contributed by atoms with Crippen LogP contribution in [0, 0.1) is 0 Å². The molecule has 0 aliphatic heterocycles. The van der Waals surface area contributed by atoms with Crippen molar-refractivity contribution in [3.63, 3.8) is 0 Å². The fourth-order valence-corrected chi connectivity index (χ4v) is 2.37. The molecule has 1 atom stereocenters. The van der Waals surface area contributed by atoms with Crippen molar-refractivity contribution in [1.29, 1.82) is 0 Å². The van der Waals surface area contributed by atoms with E-state index in [-0.39, 0.29) is 5.56 Å². The van der Waals surface area contributed by atoms with E-state index in [0.717, 1.165) is 0 Å². The number of rotatable bonds is 5. The Kier molecular flexibility index (Phi) is 5.16. The Labute approximate surface area is 136 Å². The topological polar surface area (TPSA) is 75.6 Å². The van der Waals surface area contributed by atoms with Gasteiger partial charge in [-0.15, -0.1) is 0 Å². The van der Waals surface area contributed by atoms with E-state index in [4.69, 9.17) is 4.74 Å². The van der Waals surface area contributed by atoms with E-state index in [1.165, 1.54) is 7.11 Å². The van der Waals surface area contributed by atoms with Gasteiger partial charge >= 0.3 is 11.9 Å². The summed E-state index contributed by atoms with van der Waals surface area (Å²) in [6.07, 6.45) is 0. The van der Waals surface area contributed by atoms with Gasteiger partial charge in [0, 0.05) is 10.2 Å². The largest absolute Gasteiger partial charge is 0.479 e. The number of benzene rings is 2. The molecule has 2 N–H and O–H groups in total. The Morgan fingerprint density at radius 1 is 1.18 bits per heavy atom. The average molecular weight is 364 g/mol. The lowest BCUT2D eigenvalue weighted by Gasteiger charge is -2.18. The van der Waals surface area contributed by atoms with E-state index in [2.05, 4.69) is 21.2 Å². The van der Waals surface area contributed by atoms with Gasteiger partial charge in [0.2, 0.25) is 0 Å². The van der Waals surface area contributed by atoms with Crippen molar-refractivity contribution in [2.45, 2.75) is 6.04 Å². The molecule has 0 aliphatic carbocycles. The maximum absolute atomic E-state index is 11.8. The highest BCUT2D eigenvalue weighted by atomic mass is 79.9. The van der Waals surface area contributed by atoms with Crippen molar-refractivity contribution in [2.75, 3.05) is 12.4 Å². The van der Waals surface area contributed by atoms with Crippen LogP contribution in [0.2, 0.25) is 0 Å². The van der Waals surface area contributed by atoms with Gasteiger partial charge in [0.25, 0.3) is 0 Å². The third kappa shape index (κ3) is 3.65. The van der Waals surface area contributed by atoms with Gasteiger partial charge in [0.15, 0.2) is 6.04 Å². The Bertz CT molecular complexity index is 688. The zero-order valence-electron chi connectivity index (χ0n) is 11.7. The maximum Gasteiger partial charge on any atom is 0.340 e. The normalized spacial score (nSPS) is 11.5. The molecule has 0 bridgehead atoms. The van der Waals surface area contributed by atoms with Crippen LogP contribution in [0.4, 0.5) is 5.69 Å². The van der Waals surface area contributed by atoms with E-state index >= 15 is 0 Å². The molecule has 0 heterocycles. The highest BCUT2D eigenvalue weighted by Crippen LogP contribution is 2.26. The predicted octanol–water partition coefficient (Wildman–Crippen LogP) is 3.47. The zero-order chi connectivity index (χ0) is 16.1. The minimum Gasteiger partial charge on any atom is -0.479 e. The van der Waals surface area contributed by atoms with Crippen LogP contribution in [0.25, 0.3) is 0 Å². The summed E-state index contributed by atoms with van der Waals surface area (Å²) in [4.78, 5) is 23.4. The molecule has 0 aliphatic rings. The molecule has 22 heavy (non-hydrogen) atoms. The van der Waals surface area contributed by atoms with E-state index in [1.54, 1.807) is 42.5 Å². The third-order valence-electron chi connectivity index (χ3n) is 3.07. The first-order valence-electron chi connectivity index (χ1n) is 6.45. The van der Waals surface area contributed by atoms with Gasteiger partial charge in [0.1, 0.15) is 0 Å². The van der Waals surface area contributed by atoms with Crippen molar-refractivity contribution >= 4 is 33.6 Å². The molecule has 1 unspecified atom stereocenters. The van der Waals surface area contributed by atoms with E-state index < -0.39 is 18.0 Å². The average Bonchev–Trinajstić information content (AvgIpc) is 2.53. The number of nitrogens with one attached hydrogen (secondary N) is 1. The van der Waals surface area contributed by atoms with Crippen LogP contribution in [0.15, 0.2) is 53.0 Å². The number of hydrogen-bond acceptors (Lipinski definition) is 4. The molecule has 2 aromatic rings. The van der Waals surface area contributed by atoms with E-state index in [9.17, 15) is 14.7 Å². The lowest BCUT2D eigenvalue weighted by atomic mass is 10.1. The lowest BCUT2D eigenvalue weighted by Crippen LogP contribution is -2.22. The second-order valence-electron chi connectivity index (χ2n) is 4.51. The molecule has 0 saturated heterocycles. The van der Waals surface area contributed by atoms with Crippen LogP contribution in [0.3, 0.4) is 0 Å². The summed E-state index contributed by atoms with van der Waals surface area (Å²) in [7, 11) is 1.28. The van der Waals surface area contributed by atoms with Gasteiger partial charge in [-0.3, -0.25) is 0 Å². The number of carbonyl (C=O) groups excluding carboxylic acids is 1. The number of carboxylic acid groups (broad SMARTS) is 1. The summed E-state index contributed by atoms with van der Waals surface area (Å²) in [6.45, 7) is 0. The van der Waals surface area contributed by atoms with Gasteiger partial charge < -0.3 is 15.2 Å². The molecule has 114 valence electrons. The number of aliphatic carboxylic acids is 1. The van der Waals surface area contributed by atoms with Crippen molar-refractivity contribution in [3.05, 3.63) is 64.1 Å². The molecule has 2 rings (SSSR count). The predicted molar refractivity (Wildman–Crippen MR) is 85.9 cm³/mol. The first-order valence-corrected chi connectivity index (χ1v) is 7.24. The molecule has 5 nitrogen and oxygen atoms in total. The minimum atomic E-state index is -1.04. The lowest BCUT2D eigenvalue weighted by molar-refractivity contribution is -0.138.